The van der Waals surface area contributed by atoms with Crippen molar-refractivity contribution in [2.24, 2.45) is 0 Å². The Labute approximate surface area is 144 Å². The molecule has 0 saturated carbocycles. The lowest BCUT2D eigenvalue weighted by atomic mass is 10.1. The topological polar surface area (TPSA) is 45.2 Å². The first-order chi connectivity index (χ1) is 11.5. The maximum absolute atomic E-state index is 12.6. The minimum absolute atomic E-state index is 0.100. The first-order valence-electron chi connectivity index (χ1n) is 8.64. The molecule has 0 aliphatic rings. The molecule has 4 nitrogen and oxygen atoms in total. The molecule has 0 fully saturated rings. The fourth-order valence-corrected chi connectivity index (χ4v) is 2.86. The second-order valence-electron chi connectivity index (χ2n) is 6.22. The number of aryl methyl sites for hydroxylation is 2. The second-order valence-corrected chi connectivity index (χ2v) is 6.22. The van der Waals surface area contributed by atoms with Gasteiger partial charge in [0.2, 0.25) is 0 Å². The van der Waals surface area contributed by atoms with Crippen LogP contribution < -0.4 is 10.2 Å². The summed E-state index contributed by atoms with van der Waals surface area (Å²) in [7, 11) is 0. The highest BCUT2D eigenvalue weighted by Crippen LogP contribution is 2.17. The number of anilines is 2. The van der Waals surface area contributed by atoms with E-state index in [-0.39, 0.29) is 5.91 Å². The van der Waals surface area contributed by atoms with Gasteiger partial charge in [-0.05, 0) is 62.1 Å². The Morgan fingerprint density at radius 1 is 1.04 bits per heavy atom. The summed E-state index contributed by atoms with van der Waals surface area (Å²) in [6, 6.07) is 9.69. The molecule has 0 atom stereocenters. The van der Waals surface area contributed by atoms with E-state index in [0.29, 0.717) is 5.56 Å². The fraction of sp³-hybridized carbons (Fsp3) is 0.400. The zero-order valence-corrected chi connectivity index (χ0v) is 15.1. The van der Waals surface area contributed by atoms with Crippen LogP contribution in [0, 0.1) is 13.8 Å². The van der Waals surface area contributed by atoms with Crippen LogP contribution >= 0.6 is 0 Å². The van der Waals surface area contributed by atoms with Gasteiger partial charge in [0.15, 0.2) is 0 Å². The predicted molar refractivity (Wildman–Crippen MR) is 101 cm³/mol. The molecule has 0 unspecified atom stereocenters. The van der Waals surface area contributed by atoms with Gasteiger partial charge in [0.05, 0.1) is 0 Å². The Hall–Kier alpha value is -2.36. The Morgan fingerprint density at radius 3 is 2.25 bits per heavy atom. The summed E-state index contributed by atoms with van der Waals surface area (Å²) < 4.78 is 0. The molecule has 128 valence electrons. The van der Waals surface area contributed by atoms with Crippen LogP contribution in [0.3, 0.4) is 0 Å². The molecule has 24 heavy (non-hydrogen) atoms. The van der Waals surface area contributed by atoms with Gasteiger partial charge in [-0.1, -0.05) is 19.9 Å². The van der Waals surface area contributed by atoms with Gasteiger partial charge in [-0.15, -0.1) is 0 Å². The zero-order valence-electron chi connectivity index (χ0n) is 15.1. The number of hydrogen-bond acceptors (Lipinski definition) is 3. The number of nitrogens with one attached hydrogen (secondary N) is 1. The van der Waals surface area contributed by atoms with Crippen LogP contribution in [0.1, 0.15) is 48.2 Å². The molecule has 1 N–H and O–H groups in total. The van der Waals surface area contributed by atoms with E-state index >= 15 is 0 Å². The third-order valence-corrected chi connectivity index (χ3v) is 3.80. The summed E-state index contributed by atoms with van der Waals surface area (Å²) in [5, 5.41) is 2.98. The van der Waals surface area contributed by atoms with Crippen LogP contribution in [0.4, 0.5) is 11.5 Å². The van der Waals surface area contributed by atoms with Gasteiger partial charge < -0.3 is 10.2 Å². The van der Waals surface area contributed by atoms with E-state index in [2.05, 4.69) is 35.1 Å². The normalized spacial score (nSPS) is 10.5. The van der Waals surface area contributed by atoms with Gasteiger partial charge in [0.1, 0.15) is 5.82 Å². The van der Waals surface area contributed by atoms with Crippen molar-refractivity contribution in [3.05, 3.63) is 53.2 Å². The maximum atomic E-state index is 12.6. The van der Waals surface area contributed by atoms with Gasteiger partial charge in [-0.25, -0.2) is 4.98 Å². The van der Waals surface area contributed by atoms with E-state index in [4.69, 9.17) is 0 Å². The monoisotopic (exact) mass is 325 g/mol. The number of aromatic nitrogens is 1. The van der Waals surface area contributed by atoms with E-state index in [1.807, 2.05) is 32.0 Å². The van der Waals surface area contributed by atoms with E-state index < -0.39 is 0 Å². The Morgan fingerprint density at radius 2 is 1.67 bits per heavy atom. The van der Waals surface area contributed by atoms with Gasteiger partial charge in [-0.2, -0.15) is 0 Å². The number of carbonyl (C=O) groups is 1. The van der Waals surface area contributed by atoms with E-state index in [9.17, 15) is 4.79 Å². The van der Waals surface area contributed by atoms with Crippen molar-refractivity contribution in [2.75, 3.05) is 23.3 Å². The average molecular weight is 325 g/mol. The first-order valence-corrected chi connectivity index (χ1v) is 8.64. The highest BCUT2D eigenvalue weighted by atomic mass is 16.1. The number of amides is 1. The number of nitrogens with zero attached hydrogens (tertiary/aromatic N) is 2. The minimum atomic E-state index is -0.100. The van der Waals surface area contributed by atoms with Crippen LogP contribution in [-0.4, -0.2) is 24.0 Å². The molecule has 0 aliphatic carbocycles. The Balaban J connectivity index is 2.18. The number of hydrogen-bond donors (Lipinski definition) is 1. The third-order valence-electron chi connectivity index (χ3n) is 3.80. The van der Waals surface area contributed by atoms with Crippen molar-refractivity contribution in [2.45, 2.75) is 40.5 Å². The minimum Gasteiger partial charge on any atom is -0.357 e. The van der Waals surface area contributed by atoms with Crippen LogP contribution in [0.5, 0.6) is 0 Å². The van der Waals surface area contributed by atoms with Crippen molar-refractivity contribution in [3.8, 4) is 0 Å². The summed E-state index contributed by atoms with van der Waals surface area (Å²) in [6.07, 6.45) is 3.82. The summed E-state index contributed by atoms with van der Waals surface area (Å²) in [4.78, 5) is 19.2. The average Bonchev–Trinajstić information content (AvgIpc) is 2.54. The van der Waals surface area contributed by atoms with E-state index in [1.165, 1.54) is 0 Å². The smallest absolute Gasteiger partial charge is 0.255 e. The molecule has 2 rings (SSSR count). The van der Waals surface area contributed by atoms with Gasteiger partial charge in [0, 0.05) is 30.5 Å². The van der Waals surface area contributed by atoms with Crippen molar-refractivity contribution in [1.82, 2.24) is 4.98 Å². The summed E-state index contributed by atoms with van der Waals surface area (Å²) in [5.41, 5.74) is 3.74. The maximum Gasteiger partial charge on any atom is 0.255 e. The van der Waals surface area contributed by atoms with Crippen molar-refractivity contribution in [3.63, 3.8) is 0 Å². The number of pyridine rings is 1. The molecule has 1 aromatic carbocycles. The largest absolute Gasteiger partial charge is 0.357 e. The molecule has 1 heterocycles. The molecule has 0 bridgehead atoms. The molecule has 0 radical (unpaired) electrons. The summed E-state index contributed by atoms with van der Waals surface area (Å²) >= 11 is 0. The lowest BCUT2D eigenvalue weighted by Crippen LogP contribution is -2.26. The SMILES string of the molecule is CCCN(CCC)c1cc(C(=O)Nc2cc(C)cc(C)c2)ccn1. The molecule has 0 spiro atoms. The Kier molecular flexibility index (Phi) is 6.36. The van der Waals surface area contributed by atoms with Gasteiger partial charge in [0.25, 0.3) is 5.91 Å². The second kappa shape index (κ2) is 8.48. The highest BCUT2D eigenvalue weighted by Gasteiger charge is 2.11. The third kappa shape index (κ3) is 4.82. The predicted octanol–water partition coefficient (Wildman–Crippen LogP) is 4.58. The fourth-order valence-electron chi connectivity index (χ4n) is 2.86. The number of rotatable bonds is 7. The lowest BCUT2D eigenvalue weighted by Gasteiger charge is -2.22. The van der Waals surface area contributed by atoms with Gasteiger partial charge >= 0.3 is 0 Å². The van der Waals surface area contributed by atoms with Crippen LogP contribution in [0.15, 0.2) is 36.5 Å². The molecule has 0 aliphatic heterocycles. The highest BCUT2D eigenvalue weighted by molar-refractivity contribution is 6.04. The van der Waals surface area contributed by atoms with Crippen molar-refractivity contribution < 1.29 is 4.79 Å². The summed E-state index contributed by atoms with van der Waals surface area (Å²) in [6.45, 7) is 10.3. The first kappa shape index (κ1) is 18.0. The standard InChI is InChI=1S/C20H27N3O/c1-5-9-23(10-6-2)19-14-17(7-8-21-19)20(24)22-18-12-15(3)11-16(4)13-18/h7-8,11-14H,5-6,9-10H2,1-4H3,(H,22,24). The molecule has 2 aromatic rings. The number of carbonyl (C=O) groups excluding carboxylic acids is 1. The molecule has 1 amide bonds. The quantitative estimate of drug-likeness (QED) is 0.810. The number of benzene rings is 1. The molecule has 4 heteroatoms. The van der Waals surface area contributed by atoms with Crippen LogP contribution in [-0.2, 0) is 0 Å². The van der Waals surface area contributed by atoms with E-state index in [0.717, 1.165) is 48.6 Å². The van der Waals surface area contributed by atoms with Crippen LogP contribution in [0.25, 0.3) is 0 Å². The molecule has 0 saturated heterocycles. The van der Waals surface area contributed by atoms with Crippen molar-refractivity contribution >= 4 is 17.4 Å². The van der Waals surface area contributed by atoms with Gasteiger partial charge in [-0.3, -0.25) is 4.79 Å². The van der Waals surface area contributed by atoms with E-state index in [1.54, 1.807) is 12.3 Å². The lowest BCUT2D eigenvalue weighted by molar-refractivity contribution is 0.102. The molecular weight excluding hydrogens is 298 g/mol. The van der Waals surface area contributed by atoms with Crippen LogP contribution in [0.2, 0.25) is 0 Å². The Bertz CT molecular complexity index is 671. The zero-order chi connectivity index (χ0) is 17.5. The molecular formula is C20H27N3O. The summed E-state index contributed by atoms with van der Waals surface area (Å²) in [5.74, 6) is 0.767. The molecule has 1 aromatic heterocycles. The van der Waals surface area contributed by atoms with Crippen molar-refractivity contribution in [1.29, 1.82) is 0 Å².